The van der Waals surface area contributed by atoms with Crippen molar-refractivity contribution in [3.63, 3.8) is 0 Å². The lowest BCUT2D eigenvalue weighted by Gasteiger charge is -2.19. The number of hydrogen-bond acceptors (Lipinski definition) is 4. The molecule has 0 aromatic carbocycles. The van der Waals surface area contributed by atoms with Gasteiger partial charge in [-0.1, -0.05) is 0 Å². The number of nitrogens with one attached hydrogen (secondary N) is 1. The summed E-state index contributed by atoms with van der Waals surface area (Å²) in [5.74, 6) is 1.79. The fourth-order valence-electron chi connectivity index (χ4n) is 2.66. The number of nitrogens with zero attached hydrogens (tertiary/aromatic N) is 2. The van der Waals surface area contributed by atoms with Crippen LogP contribution in [-0.2, 0) is 0 Å². The molecule has 3 rings (SSSR count). The van der Waals surface area contributed by atoms with Crippen LogP contribution in [0.15, 0.2) is 18.5 Å². The highest BCUT2D eigenvalue weighted by atomic mass is 35.5. The van der Waals surface area contributed by atoms with Gasteiger partial charge in [-0.3, -0.25) is 4.98 Å². The van der Waals surface area contributed by atoms with E-state index in [1.165, 1.54) is 6.20 Å². The molecule has 0 amide bonds. The van der Waals surface area contributed by atoms with Gasteiger partial charge in [-0.15, -0.1) is 12.4 Å². The molecule has 1 aromatic heterocycles. The third-order valence-electron chi connectivity index (χ3n) is 3.46. The van der Waals surface area contributed by atoms with E-state index in [9.17, 15) is 5.11 Å². The Kier molecular flexibility index (Phi) is 3.21. The number of rotatable bonds is 1. The van der Waals surface area contributed by atoms with E-state index in [0.29, 0.717) is 0 Å². The molecule has 0 spiro atoms. The number of hydrogen-bond donors (Lipinski definition) is 2. The number of aromatic nitrogens is 1. The summed E-state index contributed by atoms with van der Waals surface area (Å²) in [4.78, 5) is 6.34. The smallest absolute Gasteiger partial charge is 0.135 e. The third-order valence-corrected chi connectivity index (χ3v) is 3.46. The van der Waals surface area contributed by atoms with Crippen LogP contribution in [0.1, 0.15) is 0 Å². The lowest BCUT2D eigenvalue weighted by molar-refractivity contribution is 0.472. The number of aromatic hydroxyl groups is 1. The first-order chi connectivity index (χ1) is 7.33. The van der Waals surface area contributed by atoms with Gasteiger partial charge in [0, 0.05) is 32.2 Å². The van der Waals surface area contributed by atoms with E-state index in [1.807, 2.05) is 6.20 Å². The van der Waals surface area contributed by atoms with E-state index in [1.54, 1.807) is 6.07 Å². The molecule has 2 saturated heterocycles. The first-order valence-corrected chi connectivity index (χ1v) is 5.42. The quantitative estimate of drug-likeness (QED) is 0.766. The predicted octanol–water partition coefficient (Wildman–Crippen LogP) is 0.865. The van der Waals surface area contributed by atoms with E-state index in [4.69, 9.17) is 0 Å². The van der Waals surface area contributed by atoms with E-state index >= 15 is 0 Å². The minimum Gasteiger partial charge on any atom is -0.506 e. The van der Waals surface area contributed by atoms with Gasteiger partial charge in [-0.2, -0.15) is 0 Å². The van der Waals surface area contributed by atoms with Crippen molar-refractivity contribution in [2.45, 2.75) is 0 Å². The van der Waals surface area contributed by atoms with Crippen molar-refractivity contribution in [3.8, 4) is 5.75 Å². The van der Waals surface area contributed by atoms with Crippen LogP contribution in [0, 0.1) is 11.8 Å². The third kappa shape index (κ3) is 1.95. The number of pyridine rings is 1. The van der Waals surface area contributed by atoms with Crippen molar-refractivity contribution in [3.05, 3.63) is 18.5 Å². The van der Waals surface area contributed by atoms with Gasteiger partial charge in [-0.25, -0.2) is 0 Å². The SMILES string of the molecule is Cl.Oc1cncc(N2CC3CNCC3C2)c1. The average molecular weight is 242 g/mol. The predicted molar refractivity (Wildman–Crippen MR) is 65.2 cm³/mol. The maximum absolute atomic E-state index is 9.37. The van der Waals surface area contributed by atoms with E-state index < -0.39 is 0 Å². The second kappa shape index (κ2) is 4.47. The number of fused-ring (bicyclic) bond motifs is 1. The fraction of sp³-hybridized carbons (Fsp3) is 0.545. The van der Waals surface area contributed by atoms with Crippen molar-refractivity contribution < 1.29 is 5.11 Å². The molecule has 0 bridgehead atoms. The maximum atomic E-state index is 9.37. The minimum atomic E-state index is 0. The van der Waals surface area contributed by atoms with Crippen LogP contribution in [0.5, 0.6) is 5.75 Å². The topological polar surface area (TPSA) is 48.4 Å². The van der Waals surface area contributed by atoms with Gasteiger partial charge >= 0.3 is 0 Å². The van der Waals surface area contributed by atoms with E-state index in [-0.39, 0.29) is 18.2 Å². The molecule has 5 heteroatoms. The Hall–Kier alpha value is -1.00. The van der Waals surface area contributed by atoms with Crippen LogP contribution in [0.3, 0.4) is 0 Å². The van der Waals surface area contributed by atoms with Gasteiger partial charge in [0.2, 0.25) is 0 Å². The largest absolute Gasteiger partial charge is 0.506 e. The van der Waals surface area contributed by atoms with Crippen LogP contribution in [-0.4, -0.2) is 36.3 Å². The Balaban J connectivity index is 0.000000963. The van der Waals surface area contributed by atoms with E-state index in [0.717, 1.165) is 43.7 Å². The fourth-order valence-corrected chi connectivity index (χ4v) is 2.66. The number of halogens is 1. The van der Waals surface area contributed by atoms with Crippen LogP contribution in [0.2, 0.25) is 0 Å². The summed E-state index contributed by atoms with van der Waals surface area (Å²) in [5, 5.41) is 12.8. The normalized spacial score (nSPS) is 27.6. The summed E-state index contributed by atoms with van der Waals surface area (Å²) >= 11 is 0. The lowest BCUT2D eigenvalue weighted by atomic mass is 10.0. The molecule has 0 aliphatic carbocycles. The molecule has 1 aromatic rings. The zero-order chi connectivity index (χ0) is 10.3. The molecule has 2 aliphatic rings. The molecule has 3 heterocycles. The Bertz CT molecular complexity index is 362. The van der Waals surface area contributed by atoms with Crippen molar-refractivity contribution in [2.75, 3.05) is 31.1 Å². The molecule has 2 unspecified atom stereocenters. The van der Waals surface area contributed by atoms with Crippen molar-refractivity contribution in [2.24, 2.45) is 11.8 Å². The van der Waals surface area contributed by atoms with Crippen LogP contribution in [0.4, 0.5) is 5.69 Å². The van der Waals surface area contributed by atoms with Gasteiger partial charge in [0.05, 0.1) is 18.1 Å². The first kappa shape index (κ1) is 11.5. The second-order valence-electron chi connectivity index (χ2n) is 4.48. The van der Waals surface area contributed by atoms with Crippen molar-refractivity contribution in [1.82, 2.24) is 10.3 Å². The average Bonchev–Trinajstić information content (AvgIpc) is 2.76. The molecule has 0 saturated carbocycles. The molecule has 2 atom stereocenters. The zero-order valence-electron chi connectivity index (χ0n) is 8.97. The summed E-state index contributed by atoms with van der Waals surface area (Å²) in [7, 11) is 0. The molecule has 4 nitrogen and oxygen atoms in total. The molecular formula is C11H16ClN3O. The molecule has 2 fully saturated rings. The maximum Gasteiger partial charge on any atom is 0.135 e. The van der Waals surface area contributed by atoms with Crippen molar-refractivity contribution in [1.29, 1.82) is 0 Å². The summed E-state index contributed by atoms with van der Waals surface area (Å²) < 4.78 is 0. The lowest BCUT2D eigenvalue weighted by Crippen LogP contribution is -2.25. The molecule has 2 aliphatic heterocycles. The summed E-state index contributed by atoms with van der Waals surface area (Å²) in [6.07, 6.45) is 3.30. The number of anilines is 1. The van der Waals surface area contributed by atoms with Gasteiger partial charge in [-0.05, 0) is 11.8 Å². The van der Waals surface area contributed by atoms with Gasteiger partial charge in [0.25, 0.3) is 0 Å². The van der Waals surface area contributed by atoms with Gasteiger partial charge in [0.1, 0.15) is 5.75 Å². The van der Waals surface area contributed by atoms with Gasteiger partial charge in [0.15, 0.2) is 0 Å². The highest BCUT2D eigenvalue weighted by molar-refractivity contribution is 5.85. The second-order valence-corrected chi connectivity index (χ2v) is 4.48. The van der Waals surface area contributed by atoms with Crippen LogP contribution in [0.25, 0.3) is 0 Å². The van der Waals surface area contributed by atoms with Crippen LogP contribution >= 0.6 is 12.4 Å². The van der Waals surface area contributed by atoms with Gasteiger partial charge < -0.3 is 15.3 Å². The Morgan fingerprint density at radius 3 is 2.56 bits per heavy atom. The molecule has 2 N–H and O–H groups in total. The molecular weight excluding hydrogens is 226 g/mol. The molecule has 0 radical (unpaired) electrons. The van der Waals surface area contributed by atoms with E-state index in [2.05, 4.69) is 15.2 Å². The Morgan fingerprint density at radius 2 is 1.94 bits per heavy atom. The molecule has 16 heavy (non-hydrogen) atoms. The highest BCUT2D eigenvalue weighted by Crippen LogP contribution is 2.30. The molecule has 88 valence electrons. The Morgan fingerprint density at radius 1 is 1.25 bits per heavy atom. The summed E-state index contributed by atoms with van der Waals surface area (Å²) in [5.41, 5.74) is 1.05. The summed E-state index contributed by atoms with van der Waals surface area (Å²) in [6.45, 7) is 4.44. The Labute approximate surface area is 101 Å². The standard InChI is InChI=1S/C11H15N3O.ClH/c15-11-1-10(4-13-5-11)14-6-8-2-12-3-9(8)7-14;/h1,4-5,8-9,12,15H,2-3,6-7H2;1H. The minimum absolute atomic E-state index is 0. The highest BCUT2D eigenvalue weighted by Gasteiger charge is 2.36. The monoisotopic (exact) mass is 241 g/mol. The van der Waals surface area contributed by atoms with Crippen LogP contribution < -0.4 is 10.2 Å². The zero-order valence-corrected chi connectivity index (χ0v) is 9.78. The summed E-state index contributed by atoms with van der Waals surface area (Å²) in [6, 6.07) is 1.79. The van der Waals surface area contributed by atoms with Crippen molar-refractivity contribution >= 4 is 18.1 Å². The first-order valence-electron chi connectivity index (χ1n) is 5.42.